The summed E-state index contributed by atoms with van der Waals surface area (Å²) in [6.07, 6.45) is 0.430. The maximum absolute atomic E-state index is 10.5. The fourth-order valence-electron chi connectivity index (χ4n) is 1.27. The third kappa shape index (κ3) is 4.16. The zero-order chi connectivity index (χ0) is 10.6. The van der Waals surface area contributed by atoms with Crippen LogP contribution in [-0.2, 0) is 4.79 Å². The Morgan fingerprint density at radius 3 is 2.36 bits per heavy atom. The van der Waals surface area contributed by atoms with E-state index in [2.05, 4.69) is 32.0 Å². The Labute approximate surface area is 93.8 Å². The summed E-state index contributed by atoms with van der Waals surface area (Å²) < 4.78 is 0. The van der Waals surface area contributed by atoms with E-state index < -0.39 is 0 Å². The lowest BCUT2D eigenvalue weighted by Crippen LogP contribution is -1.89. The van der Waals surface area contributed by atoms with E-state index in [4.69, 9.17) is 11.6 Å². The Morgan fingerprint density at radius 2 is 1.86 bits per heavy atom. The molecule has 0 aliphatic carbocycles. The minimum absolute atomic E-state index is 0.262. The van der Waals surface area contributed by atoms with Crippen LogP contribution in [0.2, 0.25) is 0 Å². The summed E-state index contributed by atoms with van der Waals surface area (Å²) in [5.74, 6) is 0.755. The highest BCUT2D eigenvalue weighted by Crippen LogP contribution is 2.21. The van der Waals surface area contributed by atoms with Crippen LogP contribution < -0.4 is 0 Å². The first kappa shape index (κ1) is 11.6. The van der Waals surface area contributed by atoms with Gasteiger partial charge in [0.05, 0.1) is 0 Å². The maximum atomic E-state index is 10.5. The monoisotopic (exact) mass is 228 g/mol. The van der Waals surface area contributed by atoms with Crippen LogP contribution in [0.5, 0.6) is 0 Å². The molecular weight excluding hydrogens is 216 g/mol. The van der Waals surface area contributed by atoms with Gasteiger partial charge in [0.2, 0.25) is 5.24 Å². The molecule has 0 heterocycles. The molecule has 0 amide bonds. The average Bonchev–Trinajstić information content (AvgIpc) is 2.01. The molecule has 3 heteroatoms. The molecule has 76 valence electrons. The second-order valence-corrected chi connectivity index (χ2v) is 4.87. The van der Waals surface area contributed by atoms with E-state index in [-0.39, 0.29) is 5.24 Å². The second-order valence-electron chi connectivity index (χ2n) is 3.28. The number of aryl methyl sites for hydroxylation is 2. The van der Waals surface area contributed by atoms with Gasteiger partial charge in [-0.1, -0.05) is 6.07 Å². The van der Waals surface area contributed by atoms with Gasteiger partial charge in [-0.05, 0) is 48.7 Å². The molecule has 0 radical (unpaired) electrons. The molecule has 0 aliphatic heterocycles. The molecule has 0 fully saturated rings. The fraction of sp³-hybridized carbons (Fsp3) is 0.364. The smallest absolute Gasteiger partial charge is 0.222 e. The van der Waals surface area contributed by atoms with E-state index in [1.54, 1.807) is 11.8 Å². The molecule has 0 saturated heterocycles. The zero-order valence-corrected chi connectivity index (χ0v) is 9.91. The normalized spacial score (nSPS) is 10.2. The average molecular weight is 229 g/mol. The molecule has 0 atom stereocenters. The van der Waals surface area contributed by atoms with E-state index in [0.29, 0.717) is 6.42 Å². The van der Waals surface area contributed by atoms with Gasteiger partial charge in [0.15, 0.2) is 0 Å². The zero-order valence-electron chi connectivity index (χ0n) is 8.34. The van der Waals surface area contributed by atoms with Gasteiger partial charge in [-0.25, -0.2) is 0 Å². The summed E-state index contributed by atoms with van der Waals surface area (Å²) in [4.78, 5) is 11.7. The molecule has 1 aromatic rings. The van der Waals surface area contributed by atoms with Crippen molar-refractivity contribution in [3.05, 3.63) is 29.3 Å². The Kier molecular flexibility index (Phi) is 4.49. The van der Waals surface area contributed by atoms with Crippen molar-refractivity contribution in [1.82, 2.24) is 0 Å². The van der Waals surface area contributed by atoms with Gasteiger partial charge in [-0.15, -0.1) is 11.8 Å². The molecule has 0 bridgehead atoms. The molecule has 0 N–H and O–H groups in total. The third-order valence-corrected chi connectivity index (χ3v) is 2.93. The highest BCUT2D eigenvalue weighted by atomic mass is 35.5. The summed E-state index contributed by atoms with van der Waals surface area (Å²) in [6.45, 7) is 4.15. The van der Waals surface area contributed by atoms with Crippen molar-refractivity contribution in [1.29, 1.82) is 0 Å². The first-order chi connectivity index (χ1) is 6.58. The van der Waals surface area contributed by atoms with E-state index in [1.807, 2.05) is 0 Å². The molecule has 1 nitrogen and oxygen atoms in total. The van der Waals surface area contributed by atoms with Crippen molar-refractivity contribution in [3.63, 3.8) is 0 Å². The number of rotatable bonds is 4. The lowest BCUT2D eigenvalue weighted by atomic mass is 10.2. The first-order valence-electron chi connectivity index (χ1n) is 4.47. The van der Waals surface area contributed by atoms with Crippen molar-refractivity contribution in [2.75, 3.05) is 5.75 Å². The van der Waals surface area contributed by atoms with Crippen molar-refractivity contribution >= 4 is 28.6 Å². The van der Waals surface area contributed by atoms with Gasteiger partial charge in [0.1, 0.15) is 0 Å². The lowest BCUT2D eigenvalue weighted by molar-refractivity contribution is -0.111. The molecule has 1 rings (SSSR count). The number of halogens is 1. The number of benzene rings is 1. The van der Waals surface area contributed by atoms with Crippen LogP contribution >= 0.6 is 23.4 Å². The Balaban J connectivity index is 2.54. The third-order valence-electron chi connectivity index (χ3n) is 1.76. The number of carbonyl (C=O) groups excluding carboxylic acids is 1. The van der Waals surface area contributed by atoms with Crippen molar-refractivity contribution < 1.29 is 4.79 Å². The largest absolute Gasteiger partial charge is 0.281 e. The van der Waals surface area contributed by atoms with Gasteiger partial charge in [0, 0.05) is 17.1 Å². The van der Waals surface area contributed by atoms with Crippen LogP contribution in [0.15, 0.2) is 23.1 Å². The Hall–Kier alpha value is -0.470. The number of hydrogen-bond acceptors (Lipinski definition) is 2. The van der Waals surface area contributed by atoms with E-state index in [1.165, 1.54) is 16.0 Å². The fourth-order valence-corrected chi connectivity index (χ4v) is 2.53. The number of thioether (sulfide) groups is 1. The lowest BCUT2D eigenvalue weighted by Gasteiger charge is -2.03. The van der Waals surface area contributed by atoms with Gasteiger partial charge in [-0.2, -0.15) is 0 Å². The van der Waals surface area contributed by atoms with Crippen LogP contribution in [0, 0.1) is 13.8 Å². The molecule has 0 spiro atoms. The maximum Gasteiger partial charge on any atom is 0.222 e. The topological polar surface area (TPSA) is 17.1 Å². The van der Waals surface area contributed by atoms with Crippen molar-refractivity contribution in [3.8, 4) is 0 Å². The summed E-state index contributed by atoms with van der Waals surface area (Å²) in [5, 5.41) is -0.262. The molecule has 14 heavy (non-hydrogen) atoms. The van der Waals surface area contributed by atoms with Gasteiger partial charge in [0.25, 0.3) is 0 Å². The van der Waals surface area contributed by atoms with Gasteiger partial charge >= 0.3 is 0 Å². The van der Waals surface area contributed by atoms with Crippen LogP contribution in [0.3, 0.4) is 0 Å². The molecule has 1 aromatic carbocycles. The number of hydrogen-bond donors (Lipinski definition) is 0. The van der Waals surface area contributed by atoms with Crippen molar-refractivity contribution in [2.24, 2.45) is 0 Å². The van der Waals surface area contributed by atoms with Crippen LogP contribution in [0.25, 0.3) is 0 Å². The molecule has 0 saturated carbocycles. The van der Waals surface area contributed by atoms with Crippen LogP contribution in [-0.4, -0.2) is 11.0 Å². The van der Waals surface area contributed by atoms with E-state index in [9.17, 15) is 4.79 Å². The first-order valence-corrected chi connectivity index (χ1v) is 5.84. The molecule has 0 aliphatic rings. The highest BCUT2D eigenvalue weighted by molar-refractivity contribution is 7.99. The SMILES string of the molecule is Cc1cc(C)cc(SCCC(=O)Cl)c1. The second kappa shape index (κ2) is 5.42. The van der Waals surface area contributed by atoms with E-state index in [0.717, 1.165) is 5.75 Å². The quantitative estimate of drug-likeness (QED) is 0.579. The van der Waals surface area contributed by atoms with Gasteiger partial charge in [-0.3, -0.25) is 4.79 Å². The predicted octanol–water partition coefficient (Wildman–Crippen LogP) is 3.55. The van der Waals surface area contributed by atoms with Crippen LogP contribution in [0.1, 0.15) is 17.5 Å². The van der Waals surface area contributed by atoms with Crippen molar-refractivity contribution in [2.45, 2.75) is 25.2 Å². The summed E-state index contributed by atoms with van der Waals surface area (Å²) in [7, 11) is 0. The van der Waals surface area contributed by atoms with Gasteiger partial charge < -0.3 is 0 Å². The molecule has 0 aromatic heterocycles. The summed E-state index contributed by atoms with van der Waals surface area (Å²) in [5.41, 5.74) is 2.51. The Bertz CT molecular complexity index is 316. The van der Waals surface area contributed by atoms with E-state index >= 15 is 0 Å². The summed E-state index contributed by atoms with van der Waals surface area (Å²) >= 11 is 6.93. The summed E-state index contributed by atoms with van der Waals surface area (Å²) in [6, 6.07) is 6.38. The number of carbonyl (C=O) groups is 1. The molecule has 0 unspecified atom stereocenters. The standard InChI is InChI=1S/C11H13ClOS/c1-8-5-9(2)7-10(6-8)14-4-3-11(12)13/h5-7H,3-4H2,1-2H3. The highest BCUT2D eigenvalue weighted by Gasteiger charge is 1.99. The predicted molar refractivity (Wildman–Crippen MR) is 62.1 cm³/mol. The Morgan fingerprint density at radius 1 is 1.29 bits per heavy atom. The van der Waals surface area contributed by atoms with Crippen LogP contribution in [0.4, 0.5) is 0 Å². The minimum atomic E-state index is -0.262. The minimum Gasteiger partial charge on any atom is -0.281 e. The molecular formula is C11H13ClOS.